The summed E-state index contributed by atoms with van der Waals surface area (Å²) in [5.41, 5.74) is 6.49. The number of ether oxygens (including phenoxy) is 2. The summed E-state index contributed by atoms with van der Waals surface area (Å²) in [7, 11) is 0. The van der Waals surface area contributed by atoms with Crippen LogP contribution in [0, 0.1) is 0 Å². The van der Waals surface area contributed by atoms with E-state index in [4.69, 9.17) is 26.8 Å². The van der Waals surface area contributed by atoms with Crippen LogP contribution in [0.15, 0.2) is 18.2 Å². The van der Waals surface area contributed by atoms with Gasteiger partial charge >= 0.3 is 0 Å². The number of anilines is 1. The zero-order valence-electron chi connectivity index (χ0n) is 11.3. The van der Waals surface area contributed by atoms with Crippen molar-refractivity contribution in [2.45, 2.75) is 19.4 Å². The highest BCUT2D eigenvalue weighted by molar-refractivity contribution is 6.30. The molecule has 2 N–H and O–H groups in total. The second-order valence-electron chi connectivity index (χ2n) is 4.85. The Morgan fingerprint density at radius 2 is 2.16 bits per heavy atom. The Bertz CT molecular complexity index is 408. The molecular weight excluding hydrogens is 264 g/mol. The van der Waals surface area contributed by atoms with Gasteiger partial charge in [-0.3, -0.25) is 4.90 Å². The van der Waals surface area contributed by atoms with Gasteiger partial charge in [0.15, 0.2) is 0 Å². The predicted molar refractivity (Wildman–Crippen MR) is 77.8 cm³/mol. The van der Waals surface area contributed by atoms with Gasteiger partial charge < -0.3 is 15.2 Å². The zero-order valence-corrected chi connectivity index (χ0v) is 12.0. The van der Waals surface area contributed by atoms with Crippen LogP contribution in [0.3, 0.4) is 0 Å². The molecule has 0 bridgehead atoms. The van der Waals surface area contributed by atoms with Crippen LogP contribution in [0.25, 0.3) is 0 Å². The molecule has 5 heteroatoms. The fraction of sp³-hybridized carbons (Fsp3) is 0.571. The quantitative estimate of drug-likeness (QED) is 0.844. The smallest absolute Gasteiger partial charge is 0.144 e. The Morgan fingerprint density at radius 3 is 2.89 bits per heavy atom. The summed E-state index contributed by atoms with van der Waals surface area (Å²) in [6.07, 6.45) is 1.08. The summed E-state index contributed by atoms with van der Waals surface area (Å²) in [4.78, 5) is 2.39. The number of benzene rings is 1. The van der Waals surface area contributed by atoms with Crippen molar-refractivity contribution < 1.29 is 9.47 Å². The maximum atomic E-state index is 5.94. The number of nitrogen functional groups attached to an aromatic ring is 1. The first kappa shape index (κ1) is 14.4. The normalized spacial score (nSPS) is 18.2. The van der Waals surface area contributed by atoms with Crippen LogP contribution in [0.2, 0.25) is 5.02 Å². The van der Waals surface area contributed by atoms with E-state index in [1.807, 2.05) is 0 Å². The van der Waals surface area contributed by atoms with Crippen LogP contribution >= 0.6 is 11.6 Å². The van der Waals surface area contributed by atoms with Crippen LogP contribution in [-0.4, -0.2) is 43.9 Å². The first-order valence-electron chi connectivity index (χ1n) is 6.67. The molecule has 1 aliphatic rings. The van der Waals surface area contributed by atoms with Gasteiger partial charge in [0.1, 0.15) is 5.75 Å². The van der Waals surface area contributed by atoms with Crippen molar-refractivity contribution in [2.24, 2.45) is 0 Å². The minimum absolute atomic E-state index is 0.114. The number of hydrogen-bond acceptors (Lipinski definition) is 4. The Balaban J connectivity index is 1.80. The summed E-state index contributed by atoms with van der Waals surface area (Å²) < 4.78 is 11.2. The van der Waals surface area contributed by atoms with Gasteiger partial charge in [-0.2, -0.15) is 0 Å². The molecule has 1 saturated heterocycles. The van der Waals surface area contributed by atoms with Crippen LogP contribution in [-0.2, 0) is 4.74 Å². The zero-order chi connectivity index (χ0) is 13.7. The third kappa shape index (κ3) is 4.56. The number of hydrogen-bond donors (Lipinski definition) is 1. The van der Waals surface area contributed by atoms with E-state index in [0.29, 0.717) is 16.5 Å². The number of halogens is 1. The average Bonchev–Trinajstić information content (AvgIpc) is 2.42. The summed E-state index contributed by atoms with van der Waals surface area (Å²) in [5.74, 6) is 0.668. The molecule has 1 aromatic carbocycles. The first-order chi connectivity index (χ1) is 9.15. The fourth-order valence-corrected chi connectivity index (χ4v) is 2.24. The third-order valence-electron chi connectivity index (χ3n) is 3.26. The average molecular weight is 285 g/mol. The highest BCUT2D eigenvalue weighted by Crippen LogP contribution is 2.26. The highest BCUT2D eigenvalue weighted by atomic mass is 35.5. The monoisotopic (exact) mass is 284 g/mol. The standard InChI is InChI=1S/C14H21ClN2O2/c1-11(4-5-17-6-8-18-9-7-17)19-14-10-12(15)2-3-13(14)16/h2-3,10-11H,4-9,16H2,1H3. The third-order valence-corrected chi connectivity index (χ3v) is 3.49. The number of nitrogens with zero attached hydrogens (tertiary/aromatic N) is 1. The number of morpholine rings is 1. The lowest BCUT2D eigenvalue weighted by atomic mass is 10.2. The molecule has 1 unspecified atom stereocenters. The van der Waals surface area contributed by atoms with Gasteiger partial charge in [-0.1, -0.05) is 11.6 Å². The Hall–Kier alpha value is -0.970. The molecule has 1 aliphatic heterocycles. The van der Waals surface area contributed by atoms with E-state index in [1.54, 1.807) is 18.2 Å². The molecule has 106 valence electrons. The molecule has 4 nitrogen and oxygen atoms in total. The van der Waals surface area contributed by atoms with Gasteiger partial charge in [-0.25, -0.2) is 0 Å². The summed E-state index contributed by atoms with van der Waals surface area (Å²) in [6, 6.07) is 5.30. The Morgan fingerprint density at radius 1 is 1.42 bits per heavy atom. The van der Waals surface area contributed by atoms with Gasteiger partial charge in [0.2, 0.25) is 0 Å². The van der Waals surface area contributed by atoms with E-state index < -0.39 is 0 Å². The minimum Gasteiger partial charge on any atom is -0.488 e. The largest absolute Gasteiger partial charge is 0.488 e. The molecule has 0 amide bonds. The summed E-state index contributed by atoms with van der Waals surface area (Å²) in [6.45, 7) is 6.75. The van der Waals surface area contributed by atoms with Crippen molar-refractivity contribution >= 4 is 17.3 Å². The fourth-order valence-electron chi connectivity index (χ4n) is 2.08. The maximum absolute atomic E-state index is 5.94. The summed E-state index contributed by atoms with van der Waals surface area (Å²) >= 11 is 5.94. The molecule has 0 saturated carbocycles. The van der Waals surface area contributed by atoms with E-state index in [-0.39, 0.29) is 6.10 Å². The number of rotatable bonds is 5. The molecule has 19 heavy (non-hydrogen) atoms. The maximum Gasteiger partial charge on any atom is 0.144 e. The Kier molecular flexibility index (Phi) is 5.31. The minimum atomic E-state index is 0.114. The lowest BCUT2D eigenvalue weighted by Gasteiger charge is -2.27. The number of nitrogens with two attached hydrogens (primary N) is 1. The van der Waals surface area contributed by atoms with Gasteiger partial charge in [0.05, 0.1) is 25.0 Å². The molecule has 0 radical (unpaired) electrons. The van der Waals surface area contributed by atoms with Crippen molar-refractivity contribution in [1.82, 2.24) is 4.90 Å². The van der Waals surface area contributed by atoms with Crippen LogP contribution in [0.1, 0.15) is 13.3 Å². The van der Waals surface area contributed by atoms with E-state index in [0.717, 1.165) is 39.3 Å². The summed E-state index contributed by atoms with van der Waals surface area (Å²) in [5, 5.41) is 0.643. The van der Waals surface area contributed by atoms with Crippen molar-refractivity contribution in [3.05, 3.63) is 23.2 Å². The molecule has 1 atom stereocenters. The topological polar surface area (TPSA) is 47.7 Å². The molecule has 1 heterocycles. The molecule has 1 aromatic rings. The molecule has 1 fully saturated rings. The molecule has 0 aromatic heterocycles. The van der Waals surface area contributed by atoms with Crippen LogP contribution < -0.4 is 10.5 Å². The Labute approximate surface area is 119 Å². The lowest BCUT2D eigenvalue weighted by Crippen LogP contribution is -2.38. The van der Waals surface area contributed by atoms with Crippen LogP contribution in [0.5, 0.6) is 5.75 Å². The molecule has 0 spiro atoms. The van der Waals surface area contributed by atoms with E-state index in [2.05, 4.69) is 11.8 Å². The van der Waals surface area contributed by atoms with Gasteiger partial charge in [0.25, 0.3) is 0 Å². The second kappa shape index (κ2) is 6.98. The van der Waals surface area contributed by atoms with Crippen molar-refractivity contribution in [3.8, 4) is 5.75 Å². The van der Waals surface area contributed by atoms with Gasteiger partial charge in [-0.15, -0.1) is 0 Å². The van der Waals surface area contributed by atoms with Crippen LogP contribution in [0.4, 0.5) is 5.69 Å². The van der Waals surface area contributed by atoms with Crippen molar-refractivity contribution in [1.29, 1.82) is 0 Å². The predicted octanol–water partition coefficient (Wildman–Crippen LogP) is 2.41. The van der Waals surface area contributed by atoms with Crippen molar-refractivity contribution in [3.63, 3.8) is 0 Å². The SMILES string of the molecule is CC(CCN1CCOCC1)Oc1cc(Cl)ccc1N. The second-order valence-corrected chi connectivity index (χ2v) is 5.29. The lowest BCUT2D eigenvalue weighted by molar-refractivity contribution is 0.0327. The van der Waals surface area contributed by atoms with Gasteiger partial charge in [0, 0.05) is 30.7 Å². The van der Waals surface area contributed by atoms with E-state index >= 15 is 0 Å². The molecule has 2 rings (SSSR count). The van der Waals surface area contributed by atoms with Crippen molar-refractivity contribution in [2.75, 3.05) is 38.6 Å². The van der Waals surface area contributed by atoms with E-state index in [9.17, 15) is 0 Å². The van der Waals surface area contributed by atoms with E-state index in [1.165, 1.54) is 0 Å². The molecule has 0 aliphatic carbocycles. The first-order valence-corrected chi connectivity index (χ1v) is 7.05. The highest BCUT2D eigenvalue weighted by Gasteiger charge is 2.13. The molecular formula is C14H21ClN2O2. The van der Waals surface area contributed by atoms with Gasteiger partial charge in [-0.05, 0) is 25.5 Å².